The summed E-state index contributed by atoms with van der Waals surface area (Å²) in [6.45, 7) is 1.00. The molecule has 16 heavy (non-hydrogen) atoms. The fourth-order valence-corrected chi connectivity index (χ4v) is 2.25. The van der Waals surface area contributed by atoms with Crippen molar-refractivity contribution in [3.05, 3.63) is 28.2 Å². The van der Waals surface area contributed by atoms with E-state index in [2.05, 4.69) is 15.9 Å². The van der Waals surface area contributed by atoms with E-state index in [1.165, 1.54) is 0 Å². The average molecular weight is 285 g/mol. The summed E-state index contributed by atoms with van der Waals surface area (Å²) >= 11 is 3.31. The number of nitrogens with zero attached hydrogens (tertiary/aromatic N) is 1. The summed E-state index contributed by atoms with van der Waals surface area (Å²) in [7, 11) is 0. The Bertz CT molecular complexity index is 422. The van der Waals surface area contributed by atoms with Crippen molar-refractivity contribution in [2.75, 3.05) is 18.8 Å². The number of hydrogen-bond acceptors (Lipinski definition) is 3. The van der Waals surface area contributed by atoms with Gasteiger partial charge in [0.05, 0.1) is 16.1 Å². The van der Waals surface area contributed by atoms with Gasteiger partial charge in [-0.25, -0.2) is 0 Å². The summed E-state index contributed by atoms with van der Waals surface area (Å²) in [5, 5.41) is 9.39. The molecule has 1 aliphatic heterocycles. The van der Waals surface area contributed by atoms with Gasteiger partial charge < -0.3 is 15.7 Å². The van der Waals surface area contributed by atoms with Gasteiger partial charge in [0.2, 0.25) is 0 Å². The number of benzene rings is 1. The fourth-order valence-electron chi connectivity index (χ4n) is 1.81. The van der Waals surface area contributed by atoms with Crippen LogP contribution >= 0.6 is 15.9 Å². The van der Waals surface area contributed by atoms with Gasteiger partial charge in [0, 0.05) is 18.8 Å². The zero-order chi connectivity index (χ0) is 11.7. The van der Waals surface area contributed by atoms with Gasteiger partial charge in [-0.2, -0.15) is 0 Å². The van der Waals surface area contributed by atoms with Crippen molar-refractivity contribution in [1.29, 1.82) is 0 Å². The highest BCUT2D eigenvalue weighted by atomic mass is 79.9. The lowest BCUT2D eigenvalue weighted by molar-refractivity contribution is 0.0764. The number of carbonyl (C=O) groups is 1. The Hall–Kier alpha value is -1.07. The Labute approximate surface area is 102 Å². The Kier molecular flexibility index (Phi) is 3.16. The molecule has 1 heterocycles. The molecule has 4 nitrogen and oxygen atoms in total. The van der Waals surface area contributed by atoms with E-state index in [0.29, 0.717) is 35.2 Å². The van der Waals surface area contributed by atoms with Crippen molar-refractivity contribution in [1.82, 2.24) is 4.90 Å². The number of aliphatic hydroxyl groups excluding tert-OH is 1. The molecule has 1 aliphatic rings. The van der Waals surface area contributed by atoms with Crippen LogP contribution in [0.15, 0.2) is 22.7 Å². The first kappa shape index (κ1) is 11.4. The molecule has 0 aliphatic carbocycles. The number of nitrogen functional groups attached to an aromatic ring is 1. The number of β-amino-alcohol motifs (C(OH)–C–C–N with tert-alkyl or cyclic N) is 1. The van der Waals surface area contributed by atoms with Crippen LogP contribution in [0, 0.1) is 0 Å². The minimum atomic E-state index is -0.399. The maximum absolute atomic E-state index is 12.1. The monoisotopic (exact) mass is 284 g/mol. The summed E-state index contributed by atoms with van der Waals surface area (Å²) < 4.78 is 0.626. The molecule has 1 aromatic carbocycles. The molecule has 0 spiro atoms. The maximum atomic E-state index is 12.1. The molecule has 0 bridgehead atoms. The molecule has 2 rings (SSSR count). The minimum absolute atomic E-state index is 0.0873. The molecule has 0 saturated carbocycles. The van der Waals surface area contributed by atoms with E-state index in [0.717, 1.165) is 0 Å². The molecule has 3 N–H and O–H groups in total. The summed E-state index contributed by atoms with van der Waals surface area (Å²) in [5.74, 6) is -0.0873. The Morgan fingerprint density at radius 3 is 2.94 bits per heavy atom. The number of halogens is 1. The SMILES string of the molecule is Nc1cccc(C(=O)N2CC[C@@H](O)C2)c1Br. The highest BCUT2D eigenvalue weighted by molar-refractivity contribution is 9.10. The third-order valence-corrected chi connectivity index (χ3v) is 3.59. The fraction of sp³-hybridized carbons (Fsp3) is 0.364. The predicted octanol–water partition coefficient (Wildman–Crippen LogP) is 1.24. The second-order valence-electron chi connectivity index (χ2n) is 3.90. The predicted molar refractivity (Wildman–Crippen MR) is 65.1 cm³/mol. The van der Waals surface area contributed by atoms with Gasteiger partial charge in [-0.05, 0) is 34.5 Å². The van der Waals surface area contributed by atoms with Crippen molar-refractivity contribution in [2.24, 2.45) is 0 Å². The van der Waals surface area contributed by atoms with Crippen molar-refractivity contribution in [2.45, 2.75) is 12.5 Å². The number of nitrogens with two attached hydrogens (primary N) is 1. The van der Waals surface area contributed by atoms with Crippen LogP contribution in [0.25, 0.3) is 0 Å². The molecule has 86 valence electrons. The lowest BCUT2D eigenvalue weighted by Gasteiger charge is -2.16. The van der Waals surface area contributed by atoms with Crippen LogP contribution in [0.1, 0.15) is 16.8 Å². The van der Waals surface area contributed by atoms with Crippen molar-refractivity contribution >= 4 is 27.5 Å². The number of aliphatic hydroxyl groups is 1. The van der Waals surface area contributed by atoms with Crippen molar-refractivity contribution in [3.8, 4) is 0 Å². The molecule has 1 amide bonds. The molecule has 0 aromatic heterocycles. The van der Waals surface area contributed by atoms with Crippen molar-refractivity contribution < 1.29 is 9.90 Å². The van der Waals surface area contributed by atoms with E-state index < -0.39 is 6.10 Å². The number of carbonyl (C=O) groups excluding carboxylic acids is 1. The van der Waals surface area contributed by atoms with E-state index >= 15 is 0 Å². The molecular weight excluding hydrogens is 272 g/mol. The minimum Gasteiger partial charge on any atom is -0.398 e. The Morgan fingerprint density at radius 2 is 2.31 bits per heavy atom. The number of anilines is 1. The molecular formula is C11H13BrN2O2. The summed E-state index contributed by atoms with van der Waals surface area (Å²) in [5.41, 5.74) is 6.81. The summed E-state index contributed by atoms with van der Waals surface area (Å²) in [6, 6.07) is 5.22. The zero-order valence-electron chi connectivity index (χ0n) is 8.69. The van der Waals surface area contributed by atoms with Crippen LogP contribution in [-0.4, -0.2) is 35.1 Å². The van der Waals surface area contributed by atoms with Gasteiger partial charge in [-0.1, -0.05) is 6.07 Å². The number of likely N-dealkylation sites (tertiary alicyclic amines) is 1. The normalized spacial score (nSPS) is 20.1. The van der Waals surface area contributed by atoms with E-state index in [9.17, 15) is 9.90 Å². The Balaban J connectivity index is 2.24. The van der Waals surface area contributed by atoms with Crippen LogP contribution in [0.2, 0.25) is 0 Å². The van der Waals surface area contributed by atoms with Gasteiger partial charge in [-0.15, -0.1) is 0 Å². The van der Waals surface area contributed by atoms with Gasteiger partial charge in [0.15, 0.2) is 0 Å². The molecule has 0 radical (unpaired) electrons. The van der Waals surface area contributed by atoms with Gasteiger partial charge in [0.25, 0.3) is 5.91 Å². The van der Waals surface area contributed by atoms with Gasteiger partial charge in [0.1, 0.15) is 0 Å². The molecule has 0 unspecified atom stereocenters. The Morgan fingerprint density at radius 1 is 1.56 bits per heavy atom. The third-order valence-electron chi connectivity index (χ3n) is 2.71. The number of amides is 1. The topological polar surface area (TPSA) is 66.6 Å². The van der Waals surface area contributed by atoms with Crippen LogP contribution < -0.4 is 5.73 Å². The molecule has 1 aromatic rings. The number of hydrogen-bond donors (Lipinski definition) is 2. The highest BCUT2D eigenvalue weighted by Gasteiger charge is 2.26. The number of rotatable bonds is 1. The summed E-state index contributed by atoms with van der Waals surface area (Å²) in [4.78, 5) is 13.7. The van der Waals surface area contributed by atoms with E-state index in [1.54, 1.807) is 23.1 Å². The van der Waals surface area contributed by atoms with Gasteiger partial charge in [-0.3, -0.25) is 4.79 Å². The van der Waals surface area contributed by atoms with Crippen LogP contribution in [0.3, 0.4) is 0 Å². The van der Waals surface area contributed by atoms with Crippen molar-refractivity contribution in [3.63, 3.8) is 0 Å². The lowest BCUT2D eigenvalue weighted by atomic mass is 10.2. The molecule has 1 fully saturated rings. The first-order valence-corrected chi connectivity index (χ1v) is 5.90. The maximum Gasteiger partial charge on any atom is 0.255 e. The first-order valence-electron chi connectivity index (χ1n) is 5.11. The highest BCUT2D eigenvalue weighted by Crippen LogP contribution is 2.26. The van der Waals surface area contributed by atoms with Gasteiger partial charge >= 0.3 is 0 Å². The van der Waals surface area contributed by atoms with E-state index in [4.69, 9.17) is 5.73 Å². The van der Waals surface area contributed by atoms with E-state index in [1.807, 2.05) is 0 Å². The quantitative estimate of drug-likeness (QED) is 0.763. The lowest BCUT2D eigenvalue weighted by Crippen LogP contribution is -2.29. The smallest absolute Gasteiger partial charge is 0.255 e. The van der Waals surface area contributed by atoms with E-state index in [-0.39, 0.29) is 5.91 Å². The first-order chi connectivity index (χ1) is 7.59. The summed E-state index contributed by atoms with van der Waals surface area (Å²) in [6.07, 6.45) is 0.245. The average Bonchev–Trinajstić information content (AvgIpc) is 2.68. The zero-order valence-corrected chi connectivity index (χ0v) is 10.3. The second-order valence-corrected chi connectivity index (χ2v) is 4.70. The second kappa shape index (κ2) is 4.43. The molecule has 1 atom stereocenters. The molecule has 1 saturated heterocycles. The standard InChI is InChI=1S/C11H13BrN2O2/c12-10-8(2-1-3-9(10)13)11(16)14-5-4-7(15)6-14/h1-3,7,15H,4-6,13H2/t7-/m1/s1. The van der Waals surface area contributed by atoms with Crippen LogP contribution in [0.5, 0.6) is 0 Å². The van der Waals surface area contributed by atoms with Crippen LogP contribution in [0.4, 0.5) is 5.69 Å². The molecule has 5 heteroatoms. The third kappa shape index (κ3) is 2.05. The largest absolute Gasteiger partial charge is 0.398 e. The van der Waals surface area contributed by atoms with Crippen LogP contribution in [-0.2, 0) is 0 Å².